The molecule has 1 aliphatic carbocycles. The van der Waals surface area contributed by atoms with Crippen molar-refractivity contribution in [2.75, 3.05) is 6.54 Å². The largest absolute Gasteiger partial charge is 0.342 e. The SMILES string of the molecule is CC(C)(C)c1ccc(C[NH2+]CCC/C=C\C2CC2)cc1. The highest BCUT2D eigenvalue weighted by atomic mass is 14.8. The number of hydrogen-bond acceptors (Lipinski definition) is 0. The van der Waals surface area contributed by atoms with Gasteiger partial charge >= 0.3 is 0 Å². The highest BCUT2D eigenvalue weighted by molar-refractivity contribution is 5.26. The minimum atomic E-state index is 0.260. The molecule has 0 spiro atoms. The number of allylic oxidation sites excluding steroid dienone is 2. The maximum absolute atomic E-state index is 2.43. The fraction of sp³-hybridized carbons (Fsp3) is 0.579. The summed E-state index contributed by atoms with van der Waals surface area (Å²) in [6.45, 7) is 9.14. The Morgan fingerprint density at radius 2 is 1.85 bits per heavy atom. The van der Waals surface area contributed by atoms with Gasteiger partial charge < -0.3 is 5.32 Å². The van der Waals surface area contributed by atoms with Gasteiger partial charge in [0.2, 0.25) is 0 Å². The predicted octanol–water partition coefficient (Wildman–Crippen LogP) is 3.79. The van der Waals surface area contributed by atoms with E-state index in [-0.39, 0.29) is 5.41 Å². The lowest BCUT2D eigenvalue weighted by atomic mass is 9.87. The second-order valence-corrected chi connectivity index (χ2v) is 7.14. The number of rotatable bonds is 7. The first-order valence-electron chi connectivity index (χ1n) is 8.13. The summed E-state index contributed by atoms with van der Waals surface area (Å²) in [6.07, 6.45) is 10.2. The van der Waals surface area contributed by atoms with Gasteiger partial charge in [-0.15, -0.1) is 0 Å². The maximum Gasteiger partial charge on any atom is 0.101 e. The summed E-state index contributed by atoms with van der Waals surface area (Å²) >= 11 is 0. The fourth-order valence-electron chi connectivity index (χ4n) is 2.37. The van der Waals surface area contributed by atoms with Crippen molar-refractivity contribution in [3.8, 4) is 0 Å². The minimum Gasteiger partial charge on any atom is -0.342 e. The van der Waals surface area contributed by atoms with Gasteiger partial charge in [-0.25, -0.2) is 0 Å². The first-order chi connectivity index (χ1) is 9.55. The Balaban J connectivity index is 1.61. The van der Waals surface area contributed by atoms with Crippen LogP contribution in [-0.2, 0) is 12.0 Å². The summed E-state index contributed by atoms with van der Waals surface area (Å²) < 4.78 is 0. The Morgan fingerprint density at radius 3 is 2.45 bits per heavy atom. The van der Waals surface area contributed by atoms with Gasteiger partial charge in [0.15, 0.2) is 0 Å². The lowest BCUT2D eigenvalue weighted by Crippen LogP contribution is -2.82. The van der Waals surface area contributed by atoms with E-state index < -0.39 is 0 Å². The summed E-state index contributed by atoms with van der Waals surface area (Å²) in [7, 11) is 0. The van der Waals surface area contributed by atoms with E-state index >= 15 is 0 Å². The number of benzene rings is 1. The van der Waals surface area contributed by atoms with E-state index in [0.29, 0.717) is 0 Å². The van der Waals surface area contributed by atoms with Crippen molar-refractivity contribution >= 4 is 0 Å². The standard InChI is InChI=1S/C19H29N/c1-19(2,3)18-12-10-17(11-13-18)15-20-14-6-4-5-7-16-8-9-16/h5,7,10-13,16,20H,4,6,8-9,14-15H2,1-3H3/p+1/b7-5-. The van der Waals surface area contributed by atoms with Crippen molar-refractivity contribution < 1.29 is 5.32 Å². The average Bonchev–Trinajstić information content (AvgIpc) is 3.21. The van der Waals surface area contributed by atoms with E-state index in [0.717, 1.165) is 12.5 Å². The quantitative estimate of drug-likeness (QED) is 0.574. The first-order valence-corrected chi connectivity index (χ1v) is 8.13. The van der Waals surface area contributed by atoms with Gasteiger partial charge in [-0.05, 0) is 42.6 Å². The van der Waals surface area contributed by atoms with Crippen molar-refractivity contribution in [1.29, 1.82) is 0 Å². The fourth-order valence-corrected chi connectivity index (χ4v) is 2.37. The lowest BCUT2D eigenvalue weighted by Gasteiger charge is -2.18. The average molecular weight is 272 g/mol. The van der Waals surface area contributed by atoms with Crippen LogP contribution >= 0.6 is 0 Å². The molecule has 1 fully saturated rings. The highest BCUT2D eigenvalue weighted by Crippen LogP contribution is 2.30. The lowest BCUT2D eigenvalue weighted by molar-refractivity contribution is -0.670. The molecule has 0 amide bonds. The van der Waals surface area contributed by atoms with Crippen LogP contribution < -0.4 is 5.32 Å². The number of quaternary nitrogens is 1. The van der Waals surface area contributed by atoms with Gasteiger partial charge in [-0.1, -0.05) is 57.2 Å². The molecule has 2 N–H and O–H groups in total. The van der Waals surface area contributed by atoms with Crippen LogP contribution in [0.2, 0.25) is 0 Å². The summed E-state index contributed by atoms with van der Waals surface area (Å²) in [5, 5.41) is 2.43. The van der Waals surface area contributed by atoms with E-state index in [1.807, 2.05) is 0 Å². The van der Waals surface area contributed by atoms with Crippen LogP contribution in [0.5, 0.6) is 0 Å². The molecular formula is C19H30N+. The third-order valence-electron chi connectivity index (χ3n) is 4.01. The zero-order chi connectivity index (χ0) is 14.4. The molecule has 110 valence electrons. The third-order valence-corrected chi connectivity index (χ3v) is 4.01. The molecule has 0 atom stereocenters. The third kappa shape index (κ3) is 5.50. The molecule has 20 heavy (non-hydrogen) atoms. The molecule has 0 radical (unpaired) electrons. The molecular weight excluding hydrogens is 242 g/mol. The molecule has 1 heteroatoms. The van der Waals surface area contributed by atoms with E-state index in [1.165, 1.54) is 43.4 Å². The van der Waals surface area contributed by atoms with Crippen LogP contribution in [0.1, 0.15) is 57.6 Å². The van der Waals surface area contributed by atoms with Gasteiger partial charge in [0.25, 0.3) is 0 Å². The number of unbranched alkanes of at least 4 members (excludes halogenated alkanes) is 1. The van der Waals surface area contributed by atoms with Crippen LogP contribution in [0.25, 0.3) is 0 Å². The van der Waals surface area contributed by atoms with Crippen LogP contribution in [0.15, 0.2) is 36.4 Å². The predicted molar refractivity (Wildman–Crippen MR) is 86.7 cm³/mol. The van der Waals surface area contributed by atoms with Gasteiger partial charge in [0.05, 0.1) is 6.54 Å². The molecule has 0 aliphatic heterocycles. The summed E-state index contributed by atoms with van der Waals surface area (Å²) in [5.74, 6) is 0.931. The van der Waals surface area contributed by atoms with E-state index in [9.17, 15) is 0 Å². The molecule has 1 aromatic rings. The molecule has 1 aliphatic rings. The molecule has 0 unspecified atom stereocenters. The minimum absolute atomic E-state index is 0.260. The maximum atomic E-state index is 2.43. The van der Waals surface area contributed by atoms with E-state index in [1.54, 1.807) is 0 Å². The highest BCUT2D eigenvalue weighted by Gasteiger charge is 2.16. The van der Waals surface area contributed by atoms with Crippen LogP contribution in [-0.4, -0.2) is 6.54 Å². The molecule has 1 saturated carbocycles. The Morgan fingerprint density at radius 1 is 1.15 bits per heavy atom. The van der Waals surface area contributed by atoms with Crippen LogP contribution in [0.4, 0.5) is 0 Å². The van der Waals surface area contributed by atoms with Crippen LogP contribution in [0, 0.1) is 5.92 Å². The summed E-state index contributed by atoms with van der Waals surface area (Å²) in [5.41, 5.74) is 3.12. The monoisotopic (exact) mass is 272 g/mol. The zero-order valence-electron chi connectivity index (χ0n) is 13.4. The van der Waals surface area contributed by atoms with Crippen molar-refractivity contribution in [3.63, 3.8) is 0 Å². The molecule has 1 nitrogen and oxygen atoms in total. The van der Waals surface area contributed by atoms with Gasteiger partial charge in [0, 0.05) is 5.56 Å². The van der Waals surface area contributed by atoms with E-state index in [2.05, 4.69) is 62.5 Å². The number of nitrogens with two attached hydrogens (primary N) is 1. The molecule has 2 rings (SSSR count). The first kappa shape index (κ1) is 15.3. The van der Waals surface area contributed by atoms with Crippen LogP contribution in [0.3, 0.4) is 0 Å². The number of hydrogen-bond donors (Lipinski definition) is 1. The Hall–Kier alpha value is -1.08. The van der Waals surface area contributed by atoms with Crippen molar-refractivity contribution in [2.45, 2.75) is 58.4 Å². The van der Waals surface area contributed by atoms with Gasteiger partial charge in [-0.3, -0.25) is 0 Å². The Bertz CT molecular complexity index is 418. The zero-order valence-corrected chi connectivity index (χ0v) is 13.4. The molecule has 1 aromatic carbocycles. The van der Waals surface area contributed by atoms with Crippen molar-refractivity contribution in [3.05, 3.63) is 47.5 Å². The van der Waals surface area contributed by atoms with Gasteiger partial charge in [0.1, 0.15) is 6.54 Å². The summed E-state index contributed by atoms with van der Waals surface area (Å²) in [4.78, 5) is 0. The second kappa shape index (κ2) is 7.08. The normalized spacial score (nSPS) is 15.9. The van der Waals surface area contributed by atoms with Crippen molar-refractivity contribution in [2.24, 2.45) is 5.92 Å². The second-order valence-electron chi connectivity index (χ2n) is 7.14. The topological polar surface area (TPSA) is 16.6 Å². The molecule has 0 saturated heterocycles. The Kier molecular flexibility index (Phi) is 5.42. The van der Waals surface area contributed by atoms with Crippen molar-refractivity contribution in [1.82, 2.24) is 0 Å². The smallest absolute Gasteiger partial charge is 0.101 e. The Labute approximate surface area is 124 Å². The summed E-state index contributed by atoms with van der Waals surface area (Å²) in [6, 6.07) is 9.12. The molecule has 0 bridgehead atoms. The van der Waals surface area contributed by atoms with Gasteiger partial charge in [-0.2, -0.15) is 0 Å². The molecule has 0 aromatic heterocycles. The molecule has 0 heterocycles. The van der Waals surface area contributed by atoms with E-state index in [4.69, 9.17) is 0 Å².